The first-order valence-electron chi connectivity index (χ1n) is 9.76. The van der Waals surface area contributed by atoms with Crippen molar-refractivity contribution in [3.05, 3.63) is 64.4 Å². The van der Waals surface area contributed by atoms with Gasteiger partial charge in [-0.1, -0.05) is 30.8 Å². The van der Waals surface area contributed by atoms with E-state index in [0.717, 1.165) is 11.9 Å². The van der Waals surface area contributed by atoms with Gasteiger partial charge in [0.15, 0.2) is 10.9 Å². The first-order valence-corrected chi connectivity index (χ1v) is 10.6. The number of hydrogen-bond donors (Lipinski definition) is 0. The molecule has 0 fully saturated rings. The van der Waals surface area contributed by atoms with Gasteiger partial charge in [0.05, 0.1) is 23.3 Å². The van der Waals surface area contributed by atoms with Crippen LogP contribution in [0.3, 0.4) is 0 Å². The van der Waals surface area contributed by atoms with Crippen LogP contribution in [-0.2, 0) is 6.54 Å². The van der Waals surface area contributed by atoms with Gasteiger partial charge in [-0.05, 0) is 49.7 Å². The molecule has 0 aliphatic carbocycles. The maximum Gasteiger partial charge on any atom is 0.262 e. The van der Waals surface area contributed by atoms with Crippen LogP contribution >= 0.6 is 11.8 Å². The van der Waals surface area contributed by atoms with Crippen LogP contribution in [0.4, 0.5) is 0 Å². The molecule has 0 aliphatic heterocycles. The molecule has 0 saturated heterocycles. The summed E-state index contributed by atoms with van der Waals surface area (Å²) in [5.74, 6) is 1.19. The van der Waals surface area contributed by atoms with E-state index in [1.807, 2.05) is 42.5 Å². The van der Waals surface area contributed by atoms with Crippen LogP contribution < -0.4 is 10.3 Å². The van der Waals surface area contributed by atoms with E-state index in [0.29, 0.717) is 34.2 Å². The Labute approximate surface area is 177 Å². The predicted molar refractivity (Wildman–Crippen MR) is 118 cm³/mol. The van der Waals surface area contributed by atoms with Crippen LogP contribution in [0, 0.1) is 0 Å². The standard InChI is InChI=1S/C22H22N4O3S/c1-4-13-25-20(28)17-7-5-6-8-18(17)26-21(25)23-24-22(26)30-14(2)19(27)15-9-11-16(29-3)12-10-15/h5-12,14H,4,13H2,1-3H3. The van der Waals surface area contributed by atoms with E-state index in [1.165, 1.54) is 11.8 Å². The quantitative estimate of drug-likeness (QED) is 0.333. The molecule has 0 bridgehead atoms. The Morgan fingerprint density at radius 3 is 2.57 bits per heavy atom. The molecule has 4 rings (SSSR count). The second-order valence-electron chi connectivity index (χ2n) is 6.94. The minimum atomic E-state index is -0.379. The zero-order chi connectivity index (χ0) is 21.3. The highest BCUT2D eigenvalue weighted by Gasteiger charge is 2.22. The van der Waals surface area contributed by atoms with Crippen molar-refractivity contribution in [1.82, 2.24) is 19.2 Å². The largest absolute Gasteiger partial charge is 0.497 e. The summed E-state index contributed by atoms with van der Waals surface area (Å²) < 4.78 is 8.68. The summed E-state index contributed by atoms with van der Waals surface area (Å²) in [5.41, 5.74) is 1.27. The molecule has 8 heteroatoms. The molecule has 7 nitrogen and oxygen atoms in total. The third kappa shape index (κ3) is 3.47. The van der Waals surface area contributed by atoms with Crippen molar-refractivity contribution in [3.63, 3.8) is 0 Å². The number of hydrogen-bond acceptors (Lipinski definition) is 6. The van der Waals surface area contributed by atoms with Gasteiger partial charge in [0.1, 0.15) is 5.75 Å². The molecule has 30 heavy (non-hydrogen) atoms. The van der Waals surface area contributed by atoms with Gasteiger partial charge in [-0.15, -0.1) is 10.2 Å². The summed E-state index contributed by atoms with van der Waals surface area (Å²) in [5, 5.41) is 9.41. The average Bonchev–Trinajstić information content (AvgIpc) is 3.19. The number of carbonyl (C=O) groups excluding carboxylic acids is 1. The molecule has 0 spiro atoms. The minimum absolute atomic E-state index is 0.00871. The van der Waals surface area contributed by atoms with Crippen molar-refractivity contribution in [1.29, 1.82) is 0 Å². The highest BCUT2D eigenvalue weighted by Crippen LogP contribution is 2.27. The van der Waals surface area contributed by atoms with Crippen LogP contribution in [-0.4, -0.2) is 37.3 Å². The van der Waals surface area contributed by atoms with E-state index >= 15 is 0 Å². The van der Waals surface area contributed by atoms with E-state index < -0.39 is 0 Å². The molecule has 0 aliphatic rings. The second-order valence-corrected chi connectivity index (χ2v) is 8.25. The molecular weight excluding hydrogens is 400 g/mol. The Balaban J connectivity index is 1.76. The summed E-state index contributed by atoms with van der Waals surface area (Å²) >= 11 is 1.33. The zero-order valence-electron chi connectivity index (χ0n) is 17.0. The normalized spacial score (nSPS) is 12.4. The van der Waals surface area contributed by atoms with E-state index in [1.54, 1.807) is 35.9 Å². The predicted octanol–water partition coefficient (Wildman–Crippen LogP) is 3.83. The number of rotatable bonds is 7. The molecule has 1 unspecified atom stereocenters. The highest BCUT2D eigenvalue weighted by atomic mass is 32.2. The number of ether oxygens (including phenoxy) is 1. The lowest BCUT2D eigenvalue weighted by Crippen LogP contribution is -2.23. The Hall–Kier alpha value is -3.13. The number of fused-ring (bicyclic) bond motifs is 3. The molecule has 0 radical (unpaired) electrons. The molecule has 0 amide bonds. The number of aromatic nitrogens is 4. The van der Waals surface area contributed by atoms with Gasteiger partial charge in [0, 0.05) is 12.1 Å². The Morgan fingerprint density at radius 1 is 1.13 bits per heavy atom. The summed E-state index contributed by atoms with van der Waals surface area (Å²) in [7, 11) is 1.59. The van der Waals surface area contributed by atoms with E-state index in [4.69, 9.17) is 4.74 Å². The number of nitrogens with zero attached hydrogens (tertiary/aromatic N) is 4. The number of methoxy groups -OCH3 is 1. The van der Waals surface area contributed by atoms with Crippen molar-refractivity contribution in [2.75, 3.05) is 7.11 Å². The van der Waals surface area contributed by atoms with Gasteiger partial charge in [0.25, 0.3) is 5.56 Å². The average molecular weight is 423 g/mol. The molecular formula is C22H22N4O3S. The van der Waals surface area contributed by atoms with Crippen molar-refractivity contribution in [2.45, 2.75) is 37.2 Å². The topological polar surface area (TPSA) is 78.5 Å². The number of ketones is 1. The Morgan fingerprint density at radius 2 is 1.87 bits per heavy atom. The van der Waals surface area contributed by atoms with Crippen molar-refractivity contribution >= 4 is 34.2 Å². The fourth-order valence-corrected chi connectivity index (χ4v) is 4.37. The Bertz CT molecular complexity index is 1280. The van der Waals surface area contributed by atoms with Gasteiger partial charge >= 0.3 is 0 Å². The third-order valence-electron chi connectivity index (χ3n) is 4.95. The molecule has 4 aromatic rings. The molecule has 2 heterocycles. The van der Waals surface area contributed by atoms with Crippen LogP contribution in [0.1, 0.15) is 30.6 Å². The molecule has 0 N–H and O–H groups in total. The second kappa shape index (κ2) is 8.31. The number of carbonyl (C=O) groups is 1. The lowest BCUT2D eigenvalue weighted by Gasteiger charge is -2.12. The molecule has 154 valence electrons. The zero-order valence-corrected chi connectivity index (χ0v) is 17.8. The number of para-hydroxylation sites is 1. The molecule has 0 saturated carbocycles. The van der Waals surface area contributed by atoms with Crippen molar-refractivity contribution in [2.24, 2.45) is 0 Å². The monoisotopic (exact) mass is 422 g/mol. The molecule has 1 atom stereocenters. The lowest BCUT2D eigenvalue weighted by atomic mass is 10.1. The highest BCUT2D eigenvalue weighted by molar-refractivity contribution is 8.00. The number of thioether (sulfide) groups is 1. The van der Waals surface area contributed by atoms with Gasteiger partial charge in [-0.3, -0.25) is 18.6 Å². The maximum atomic E-state index is 12.9. The van der Waals surface area contributed by atoms with Crippen molar-refractivity contribution < 1.29 is 9.53 Å². The number of aryl methyl sites for hydroxylation is 1. The Kier molecular flexibility index (Phi) is 5.59. The molecule has 2 aromatic carbocycles. The first-order chi connectivity index (χ1) is 14.5. The SMILES string of the molecule is CCCn1c(=O)c2ccccc2n2c(SC(C)C(=O)c3ccc(OC)cc3)nnc12. The lowest BCUT2D eigenvalue weighted by molar-refractivity contribution is 0.0994. The van der Waals surface area contributed by atoms with Crippen LogP contribution in [0.5, 0.6) is 5.75 Å². The number of benzene rings is 2. The fourth-order valence-electron chi connectivity index (χ4n) is 3.44. The summed E-state index contributed by atoms with van der Waals surface area (Å²) in [6.45, 7) is 4.42. The molecule has 2 aromatic heterocycles. The van der Waals surface area contributed by atoms with Crippen LogP contribution in [0.25, 0.3) is 16.7 Å². The van der Waals surface area contributed by atoms with E-state index in [9.17, 15) is 9.59 Å². The van der Waals surface area contributed by atoms with Gasteiger partial charge < -0.3 is 4.74 Å². The number of Topliss-reactive ketones (excluding diaryl/α,β-unsaturated/α-hetero) is 1. The minimum Gasteiger partial charge on any atom is -0.497 e. The summed E-state index contributed by atoms with van der Waals surface area (Å²) in [6, 6.07) is 14.5. The van der Waals surface area contributed by atoms with Gasteiger partial charge in [-0.2, -0.15) is 0 Å². The smallest absolute Gasteiger partial charge is 0.262 e. The van der Waals surface area contributed by atoms with Crippen LogP contribution in [0.2, 0.25) is 0 Å². The van der Waals surface area contributed by atoms with Crippen molar-refractivity contribution in [3.8, 4) is 5.75 Å². The van der Waals surface area contributed by atoms with E-state index in [2.05, 4.69) is 10.2 Å². The van der Waals surface area contributed by atoms with Gasteiger partial charge in [0.2, 0.25) is 5.78 Å². The van der Waals surface area contributed by atoms with E-state index in [-0.39, 0.29) is 16.6 Å². The first kappa shape index (κ1) is 20.2. The summed E-state index contributed by atoms with van der Waals surface area (Å²) in [6.07, 6.45) is 0.801. The van der Waals surface area contributed by atoms with Crippen LogP contribution in [0.15, 0.2) is 58.5 Å². The third-order valence-corrected chi connectivity index (χ3v) is 5.99. The van der Waals surface area contributed by atoms with Gasteiger partial charge in [-0.25, -0.2) is 0 Å². The maximum absolute atomic E-state index is 12.9. The summed E-state index contributed by atoms with van der Waals surface area (Å²) in [4.78, 5) is 25.8. The fraction of sp³-hybridized carbons (Fsp3) is 0.273.